The Bertz CT molecular complexity index is 381. The lowest BCUT2D eigenvalue weighted by Gasteiger charge is -2.06. The second kappa shape index (κ2) is 10.4. The van der Waals surface area contributed by atoms with E-state index in [1.807, 2.05) is 34.9 Å². The molecule has 1 heterocycles. The number of carboxylic acids is 1. The SMILES string of the molecule is C[n+]1ccn(CCOCCOCCOCCC(=O)[O-])c1. The molecule has 0 saturated heterocycles. The third-order valence-electron chi connectivity index (χ3n) is 2.51. The summed E-state index contributed by atoms with van der Waals surface area (Å²) in [5.41, 5.74) is 0. The van der Waals surface area contributed by atoms with Gasteiger partial charge in [-0.2, -0.15) is 0 Å². The van der Waals surface area contributed by atoms with Crippen LogP contribution in [0.4, 0.5) is 0 Å². The zero-order valence-corrected chi connectivity index (χ0v) is 11.8. The average Bonchev–Trinajstić information content (AvgIpc) is 2.81. The molecular weight excluding hydrogens is 264 g/mol. The Morgan fingerprint density at radius 2 is 1.70 bits per heavy atom. The van der Waals surface area contributed by atoms with Crippen LogP contribution >= 0.6 is 0 Å². The van der Waals surface area contributed by atoms with Crippen molar-refractivity contribution >= 4 is 5.97 Å². The van der Waals surface area contributed by atoms with Crippen molar-refractivity contribution in [3.8, 4) is 0 Å². The molecule has 20 heavy (non-hydrogen) atoms. The van der Waals surface area contributed by atoms with Gasteiger partial charge in [0.05, 0.1) is 46.7 Å². The lowest BCUT2D eigenvalue weighted by atomic mass is 10.5. The van der Waals surface area contributed by atoms with Gasteiger partial charge in [0.25, 0.3) is 0 Å². The number of carboxylic acid groups (broad SMARTS) is 1. The highest BCUT2D eigenvalue weighted by Gasteiger charge is 1.99. The number of aryl methyl sites for hydroxylation is 1. The van der Waals surface area contributed by atoms with Gasteiger partial charge in [-0.05, 0) is 0 Å². The number of imidazole rings is 1. The third kappa shape index (κ3) is 8.63. The van der Waals surface area contributed by atoms with Crippen LogP contribution in [-0.2, 0) is 32.6 Å². The fraction of sp³-hybridized carbons (Fsp3) is 0.692. The van der Waals surface area contributed by atoms with Gasteiger partial charge in [-0.25, -0.2) is 9.13 Å². The Balaban J connectivity index is 1.80. The van der Waals surface area contributed by atoms with Gasteiger partial charge in [0.15, 0.2) is 0 Å². The minimum absolute atomic E-state index is 0.0831. The summed E-state index contributed by atoms with van der Waals surface area (Å²) >= 11 is 0. The minimum atomic E-state index is -1.10. The second-order valence-corrected chi connectivity index (χ2v) is 4.28. The number of nitrogens with zero attached hydrogens (tertiary/aromatic N) is 2. The number of carbonyl (C=O) groups is 1. The Labute approximate surface area is 118 Å². The largest absolute Gasteiger partial charge is 0.550 e. The van der Waals surface area contributed by atoms with Gasteiger partial charge in [-0.15, -0.1) is 0 Å². The molecule has 0 amide bonds. The summed E-state index contributed by atoms with van der Waals surface area (Å²) in [4.78, 5) is 10.1. The summed E-state index contributed by atoms with van der Waals surface area (Å²) in [6.07, 6.45) is 5.87. The molecule has 0 aromatic carbocycles. The molecule has 0 bridgehead atoms. The van der Waals surface area contributed by atoms with Crippen LogP contribution in [0.15, 0.2) is 18.7 Å². The smallest absolute Gasteiger partial charge is 0.243 e. The average molecular weight is 286 g/mol. The van der Waals surface area contributed by atoms with Crippen LogP contribution in [0.1, 0.15) is 6.42 Å². The van der Waals surface area contributed by atoms with Crippen molar-refractivity contribution in [2.75, 3.05) is 39.6 Å². The first-order valence-electron chi connectivity index (χ1n) is 6.62. The van der Waals surface area contributed by atoms with Crippen LogP contribution in [0, 0.1) is 0 Å². The van der Waals surface area contributed by atoms with Crippen molar-refractivity contribution in [1.29, 1.82) is 0 Å². The van der Waals surface area contributed by atoms with Crippen LogP contribution in [0.2, 0.25) is 0 Å². The fourth-order valence-corrected chi connectivity index (χ4v) is 1.50. The molecule has 0 atom stereocenters. The fourth-order valence-electron chi connectivity index (χ4n) is 1.50. The molecule has 1 aromatic heterocycles. The number of carbonyl (C=O) groups excluding carboxylic acids is 1. The van der Waals surface area contributed by atoms with Gasteiger partial charge in [0, 0.05) is 12.4 Å². The molecular formula is C13H22N2O5. The van der Waals surface area contributed by atoms with Gasteiger partial charge in [-0.1, -0.05) is 0 Å². The maximum absolute atomic E-state index is 10.1. The van der Waals surface area contributed by atoms with E-state index in [9.17, 15) is 9.90 Å². The van der Waals surface area contributed by atoms with E-state index in [4.69, 9.17) is 14.2 Å². The number of rotatable bonds is 12. The Kier molecular flexibility index (Phi) is 8.61. The van der Waals surface area contributed by atoms with Crippen molar-refractivity contribution in [2.24, 2.45) is 7.05 Å². The number of aliphatic carboxylic acids is 1. The monoisotopic (exact) mass is 286 g/mol. The minimum Gasteiger partial charge on any atom is -0.550 e. The predicted octanol–water partition coefficient (Wildman–Crippen LogP) is -1.50. The van der Waals surface area contributed by atoms with Gasteiger partial charge in [0.2, 0.25) is 6.33 Å². The van der Waals surface area contributed by atoms with Crippen LogP contribution in [-0.4, -0.2) is 50.2 Å². The molecule has 0 aliphatic carbocycles. The van der Waals surface area contributed by atoms with E-state index in [0.29, 0.717) is 33.0 Å². The summed E-state index contributed by atoms with van der Waals surface area (Å²) < 4.78 is 19.8. The van der Waals surface area contributed by atoms with E-state index < -0.39 is 5.97 Å². The van der Waals surface area contributed by atoms with Gasteiger partial charge >= 0.3 is 0 Å². The van der Waals surface area contributed by atoms with E-state index in [0.717, 1.165) is 6.54 Å². The highest BCUT2D eigenvalue weighted by atomic mass is 16.5. The highest BCUT2D eigenvalue weighted by Crippen LogP contribution is 1.87. The van der Waals surface area contributed by atoms with E-state index in [2.05, 4.69) is 0 Å². The number of ether oxygens (including phenoxy) is 3. The second-order valence-electron chi connectivity index (χ2n) is 4.28. The van der Waals surface area contributed by atoms with Crippen molar-refractivity contribution in [2.45, 2.75) is 13.0 Å². The molecule has 0 saturated carbocycles. The van der Waals surface area contributed by atoms with Gasteiger partial charge in [-0.3, -0.25) is 0 Å². The van der Waals surface area contributed by atoms with Crippen LogP contribution in [0.25, 0.3) is 0 Å². The van der Waals surface area contributed by atoms with Crippen molar-refractivity contribution in [3.05, 3.63) is 18.7 Å². The number of hydrogen-bond acceptors (Lipinski definition) is 5. The van der Waals surface area contributed by atoms with E-state index in [1.54, 1.807) is 0 Å². The number of hydrogen-bond donors (Lipinski definition) is 0. The Morgan fingerprint density at radius 1 is 1.10 bits per heavy atom. The highest BCUT2D eigenvalue weighted by molar-refractivity contribution is 5.64. The summed E-state index contributed by atoms with van der Waals surface area (Å²) in [7, 11) is 1.97. The molecule has 0 aliphatic heterocycles. The molecule has 7 nitrogen and oxygen atoms in total. The molecule has 1 aromatic rings. The predicted molar refractivity (Wildman–Crippen MR) is 67.7 cm³/mol. The van der Waals surface area contributed by atoms with E-state index >= 15 is 0 Å². The van der Waals surface area contributed by atoms with Crippen LogP contribution < -0.4 is 9.67 Å². The molecule has 7 heteroatoms. The maximum atomic E-state index is 10.1. The Hall–Kier alpha value is -1.44. The van der Waals surface area contributed by atoms with Crippen molar-refractivity contribution in [3.63, 3.8) is 0 Å². The van der Waals surface area contributed by atoms with Gasteiger partial charge in [0.1, 0.15) is 18.9 Å². The zero-order valence-electron chi connectivity index (χ0n) is 11.8. The molecule has 0 fully saturated rings. The first-order chi connectivity index (χ1) is 9.68. The van der Waals surface area contributed by atoms with Crippen LogP contribution in [0.3, 0.4) is 0 Å². The molecule has 0 N–H and O–H groups in total. The zero-order chi connectivity index (χ0) is 14.6. The molecule has 114 valence electrons. The molecule has 0 aliphatic rings. The lowest BCUT2D eigenvalue weighted by Crippen LogP contribution is -2.24. The maximum Gasteiger partial charge on any atom is 0.243 e. The third-order valence-corrected chi connectivity index (χ3v) is 2.51. The molecule has 0 spiro atoms. The summed E-state index contributed by atoms with van der Waals surface area (Å²) in [6, 6.07) is 0. The van der Waals surface area contributed by atoms with Crippen molar-refractivity contribution in [1.82, 2.24) is 4.57 Å². The molecule has 0 radical (unpaired) electrons. The van der Waals surface area contributed by atoms with E-state index in [1.165, 1.54) is 0 Å². The van der Waals surface area contributed by atoms with Crippen LogP contribution in [0.5, 0.6) is 0 Å². The topological polar surface area (TPSA) is 76.6 Å². The molecule has 0 unspecified atom stereocenters. The first kappa shape index (κ1) is 16.6. The standard InChI is InChI=1S/C13H22N2O5/c1-14-3-4-15(12-14)5-7-19-9-11-20-10-8-18-6-2-13(16)17/h3-4,12H,2,5-11H2,1H3. The molecule has 1 rings (SSSR count). The van der Waals surface area contributed by atoms with Gasteiger partial charge < -0.3 is 24.1 Å². The summed E-state index contributed by atoms with van der Waals surface area (Å²) in [6.45, 7) is 3.47. The van der Waals surface area contributed by atoms with E-state index in [-0.39, 0.29) is 13.0 Å². The van der Waals surface area contributed by atoms with Crippen molar-refractivity contribution < 1.29 is 28.7 Å². The first-order valence-corrected chi connectivity index (χ1v) is 6.62. The Morgan fingerprint density at radius 3 is 2.25 bits per heavy atom. The summed E-state index contributed by atoms with van der Waals surface area (Å²) in [5, 5.41) is 10.1. The number of aromatic nitrogens is 2. The quantitative estimate of drug-likeness (QED) is 0.345. The lowest BCUT2D eigenvalue weighted by molar-refractivity contribution is -0.671. The summed E-state index contributed by atoms with van der Waals surface area (Å²) in [5.74, 6) is -1.10. The normalized spacial score (nSPS) is 10.8.